The SMILES string of the molecule is c1ccc2cc(Nc3ccc4cc5ccccc5cc4c3)ccc2c1. The first kappa shape index (κ1) is 14.1. The molecule has 0 aliphatic heterocycles. The predicted molar refractivity (Wildman–Crippen MR) is 109 cm³/mol. The second-order valence-corrected chi connectivity index (χ2v) is 6.45. The van der Waals surface area contributed by atoms with Gasteiger partial charge < -0.3 is 5.32 Å². The summed E-state index contributed by atoms with van der Waals surface area (Å²) in [7, 11) is 0. The van der Waals surface area contributed by atoms with Crippen LogP contribution in [0.25, 0.3) is 32.3 Å². The Balaban J connectivity index is 1.56. The van der Waals surface area contributed by atoms with Crippen molar-refractivity contribution in [3.63, 3.8) is 0 Å². The van der Waals surface area contributed by atoms with E-state index < -0.39 is 0 Å². The van der Waals surface area contributed by atoms with Crippen LogP contribution in [-0.2, 0) is 0 Å². The van der Waals surface area contributed by atoms with E-state index in [1.165, 1.54) is 32.3 Å². The molecular formula is C24H17N. The zero-order valence-electron chi connectivity index (χ0n) is 13.7. The third-order valence-corrected chi connectivity index (χ3v) is 4.74. The van der Waals surface area contributed by atoms with Crippen LogP contribution in [0.3, 0.4) is 0 Å². The molecule has 0 radical (unpaired) electrons. The molecule has 0 heterocycles. The van der Waals surface area contributed by atoms with Crippen LogP contribution in [0.4, 0.5) is 11.4 Å². The summed E-state index contributed by atoms with van der Waals surface area (Å²) in [6.07, 6.45) is 0. The highest BCUT2D eigenvalue weighted by molar-refractivity contribution is 5.99. The summed E-state index contributed by atoms with van der Waals surface area (Å²) in [6.45, 7) is 0. The van der Waals surface area contributed by atoms with Gasteiger partial charge in [-0.15, -0.1) is 0 Å². The number of hydrogen-bond acceptors (Lipinski definition) is 1. The minimum atomic E-state index is 1.11. The third kappa shape index (κ3) is 2.60. The lowest BCUT2D eigenvalue weighted by Crippen LogP contribution is -1.90. The van der Waals surface area contributed by atoms with E-state index in [1.807, 2.05) is 0 Å². The largest absolute Gasteiger partial charge is 0.355 e. The highest BCUT2D eigenvalue weighted by atomic mass is 14.9. The van der Waals surface area contributed by atoms with Crippen molar-refractivity contribution in [3.05, 3.63) is 97.1 Å². The lowest BCUT2D eigenvalue weighted by molar-refractivity contribution is 1.59. The van der Waals surface area contributed by atoms with Crippen LogP contribution < -0.4 is 5.32 Å². The molecule has 0 saturated heterocycles. The second-order valence-electron chi connectivity index (χ2n) is 6.45. The molecule has 0 aliphatic carbocycles. The lowest BCUT2D eigenvalue weighted by atomic mass is 10.0. The first-order valence-corrected chi connectivity index (χ1v) is 8.54. The van der Waals surface area contributed by atoms with Gasteiger partial charge in [-0.1, -0.05) is 60.7 Å². The van der Waals surface area contributed by atoms with Gasteiger partial charge in [0.2, 0.25) is 0 Å². The highest BCUT2D eigenvalue weighted by Crippen LogP contribution is 2.28. The minimum Gasteiger partial charge on any atom is -0.355 e. The molecule has 0 spiro atoms. The predicted octanol–water partition coefficient (Wildman–Crippen LogP) is 6.89. The van der Waals surface area contributed by atoms with E-state index in [-0.39, 0.29) is 0 Å². The van der Waals surface area contributed by atoms with E-state index in [1.54, 1.807) is 0 Å². The molecule has 0 bridgehead atoms. The van der Waals surface area contributed by atoms with Crippen LogP contribution in [0.1, 0.15) is 0 Å². The number of hydrogen-bond donors (Lipinski definition) is 1. The Morgan fingerprint density at radius 1 is 0.360 bits per heavy atom. The van der Waals surface area contributed by atoms with Crippen LogP contribution in [-0.4, -0.2) is 0 Å². The Kier molecular flexibility index (Phi) is 3.17. The zero-order chi connectivity index (χ0) is 16.6. The van der Waals surface area contributed by atoms with Crippen molar-refractivity contribution < 1.29 is 0 Å². The van der Waals surface area contributed by atoms with Crippen molar-refractivity contribution in [2.75, 3.05) is 5.32 Å². The first-order chi connectivity index (χ1) is 12.3. The third-order valence-electron chi connectivity index (χ3n) is 4.74. The van der Waals surface area contributed by atoms with Gasteiger partial charge in [0.05, 0.1) is 0 Å². The first-order valence-electron chi connectivity index (χ1n) is 8.54. The van der Waals surface area contributed by atoms with Gasteiger partial charge in [0.15, 0.2) is 0 Å². The normalized spacial score (nSPS) is 11.2. The fourth-order valence-electron chi connectivity index (χ4n) is 3.45. The standard InChI is InChI=1S/C24H17N/c1-2-8-20-15-23(11-9-17(20)5-1)25-24-12-10-21-13-18-6-3-4-7-19(18)14-22(21)16-24/h1-16,25H. The van der Waals surface area contributed by atoms with Gasteiger partial charge in [0, 0.05) is 11.4 Å². The number of nitrogens with one attached hydrogen (secondary N) is 1. The zero-order valence-corrected chi connectivity index (χ0v) is 13.7. The Morgan fingerprint density at radius 2 is 0.800 bits per heavy atom. The molecule has 1 heteroatoms. The summed E-state index contributed by atoms with van der Waals surface area (Å²) in [4.78, 5) is 0. The molecule has 5 rings (SSSR count). The average Bonchev–Trinajstić information content (AvgIpc) is 2.66. The number of benzene rings is 5. The molecular weight excluding hydrogens is 302 g/mol. The number of fused-ring (bicyclic) bond motifs is 3. The smallest absolute Gasteiger partial charge is 0.0390 e. The molecule has 0 atom stereocenters. The Morgan fingerprint density at radius 3 is 1.48 bits per heavy atom. The van der Waals surface area contributed by atoms with E-state index in [4.69, 9.17) is 0 Å². The minimum absolute atomic E-state index is 1.11. The molecule has 0 fully saturated rings. The van der Waals surface area contributed by atoms with Crippen LogP contribution in [0.5, 0.6) is 0 Å². The van der Waals surface area contributed by atoms with E-state index in [2.05, 4.69) is 102 Å². The van der Waals surface area contributed by atoms with E-state index >= 15 is 0 Å². The van der Waals surface area contributed by atoms with Crippen molar-refractivity contribution in [2.24, 2.45) is 0 Å². The molecule has 1 N–H and O–H groups in total. The molecule has 1 nitrogen and oxygen atoms in total. The lowest BCUT2D eigenvalue weighted by Gasteiger charge is -2.10. The summed E-state index contributed by atoms with van der Waals surface area (Å²) >= 11 is 0. The maximum absolute atomic E-state index is 3.54. The van der Waals surface area contributed by atoms with Gasteiger partial charge in [0.1, 0.15) is 0 Å². The molecule has 0 unspecified atom stereocenters. The molecule has 0 aliphatic rings. The summed E-state index contributed by atoms with van der Waals surface area (Å²) in [5.74, 6) is 0. The number of rotatable bonds is 2. The Labute approximate surface area is 146 Å². The molecule has 25 heavy (non-hydrogen) atoms. The van der Waals surface area contributed by atoms with Crippen LogP contribution >= 0.6 is 0 Å². The van der Waals surface area contributed by atoms with Gasteiger partial charge >= 0.3 is 0 Å². The summed E-state index contributed by atoms with van der Waals surface area (Å²) in [5.41, 5.74) is 2.22. The van der Waals surface area contributed by atoms with Crippen molar-refractivity contribution >= 4 is 43.7 Å². The van der Waals surface area contributed by atoms with Crippen LogP contribution in [0, 0.1) is 0 Å². The maximum Gasteiger partial charge on any atom is 0.0390 e. The highest BCUT2D eigenvalue weighted by Gasteiger charge is 2.01. The van der Waals surface area contributed by atoms with Crippen molar-refractivity contribution in [2.45, 2.75) is 0 Å². The van der Waals surface area contributed by atoms with Crippen LogP contribution in [0.2, 0.25) is 0 Å². The summed E-state index contributed by atoms with van der Waals surface area (Å²) in [6, 6.07) is 34.5. The fourth-order valence-corrected chi connectivity index (χ4v) is 3.45. The second kappa shape index (κ2) is 5.64. The molecule has 5 aromatic carbocycles. The molecule has 5 aromatic rings. The Hall–Kier alpha value is -3.32. The van der Waals surface area contributed by atoms with Gasteiger partial charge in [-0.2, -0.15) is 0 Å². The van der Waals surface area contributed by atoms with E-state index in [0.29, 0.717) is 0 Å². The summed E-state index contributed by atoms with van der Waals surface area (Å²) < 4.78 is 0. The molecule has 0 aromatic heterocycles. The van der Waals surface area contributed by atoms with Crippen molar-refractivity contribution in [3.8, 4) is 0 Å². The van der Waals surface area contributed by atoms with Gasteiger partial charge in [-0.3, -0.25) is 0 Å². The fraction of sp³-hybridized carbons (Fsp3) is 0. The Bertz CT molecular complexity index is 1220. The monoisotopic (exact) mass is 319 g/mol. The molecule has 0 amide bonds. The van der Waals surface area contributed by atoms with Crippen molar-refractivity contribution in [1.82, 2.24) is 0 Å². The summed E-state index contributed by atoms with van der Waals surface area (Å²) in [5, 5.41) is 11.1. The van der Waals surface area contributed by atoms with Crippen LogP contribution in [0.15, 0.2) is 97.1 Å². The van der Waals surface area contributed by atoms with Gasteiger partial charge in [-0.05, 0) is 68.7 Å². The number of anilines is 2. The average molecular weight is 319 g/mol. The molecule has 0 saturated carbocycles. The van der Waals surface area contributed by atoms with E-state index in [9.17, 15) is 0 Å². The van der Waals surface area contributed by atoms with Gasteiger partial charge in [0.25, 0.3) is 0 Å². The van der Waals surface area contributed by atoms with Crippen molar-refractivity contribution in [1.29, 1.82) is 0 Å². The quantitative estimate of drug-likeness (QED) is 0.349. The molecule has 118 valence electrons. The maximum atomic E-state index is 3.54. The van der Waals surface area contributed by atoms with Gasteiger partial charge in [-0.25, -0.2) is 0 Å². The van der Waals surface area contributed by atoms with E-state index in [0.717, 1.165) is 11.4 Å². The topological polar surface area (TPSA) is 12.0 Å².